The molecule has 0 heterocycles. The SMILES string of the molecule is CC(C)(C)c1cc(-c2ccc3c4c(ccc(-c5ccc(O)c(C(C)(C)C)c5)c24)CC3)ccc1O. The first-order valence-electron chi connectivity index (χ1n) is 12.2. The van der Waals surface area contributed by atoms with E-state index in [1.165, 1.54) is 33.0 Å². The van der Waals surface area contributed by atoms with Crippen LogP contribution in [0.25, 0.3) is 33.0 Å². The standard InChI is InChI=1S/C32H34O2/c1-31(2,3)25-17-21(11-15-27(25)33)23-13-9-19-7-8-20-10-14-24(30(23)29(19)20)22-12-16-28(34)26(18-22)32(4,5)6/h9-18,33-34H,7-8H2,1-6H3. The van der Waals surface area contributed by atoms with Crippen molar-refractivity contribution >= 4 is 10.8 Å². The van der Waals surface area contributed by atoms with Crippen molar-refractivity contribution in [2.24, 2.45) is 0 Å². The summed E-state index contributed by atoms with van der Waals surface area (Å²) in [5.74, 6) is 0.687. The van der Waals surface area contributed by atoms with Crippen LogP contribution in [0.15, 0.2) is 60.7 Å². The zero-order chi connectivity index (χ0) is 24.4. The highest BCUT2D eigenvalue weighted by atomic mass is 16.3. The molecule has 2 heteroatoms. The first kappa shape index (κ1) is 22.5. The Morgan fingerprint density at radius 3 is 1.32 bits per heavy atom. The van der Waals surface area contributed by atoms with Crippen molar-refractivity contribution in [2.45, 2.75) is 65.2 Å². The maximum atomic E-state index is 10.6. The van der Waals surface area contributed by atoms with E-state index in [0.717, 1.165) is 35.1 Å². The third kappa shape index (κ3) is 3.66. The largest absolute Gasteiger partial charge is 0.508 e. The highest BCUT2D eigenvalue weighted by Gasteiger charge is 2.24. The highest BCUT2D eigenvalue weighted by Crippen LogP contribution is 2.45. The van der Waals surface area contributed by atoms with Crippen molar-refractivity contribution in [3.8, 4) is 33.8 Å². The first-order valence-corrected chi connectivity index (χ1v) is 12.2. The molecule has 4 aromatic carbocycles. The van der Waals surface area contributed by atoms with Gasteiger partial charge in [-0.05, 0) is 103 Å². The van der Waals surface area contributed by atoms with Crippen LogP contribution in [-0.4, -0.2) is 10.2 Å². The average Bonchev–Trinajstić information content (AvgIpc) is 3.18. The van der Waals surface area contributed by atoms with E-state index in [9.17, 15) is 10.2 Å². The molecule has 2 N–H and O–H groups in total. The second kappa shape index (κ2) is 7.63. The number of hydrogen-bond acceptors (Lipinski definition) is 2. The lowest BCUT2D eigenvalue weighted by atomic mass is 9.82. The van der Waals surface area contributed by atoms with Crippen LogP contribution in [0, 0.1) is 0 Å². The number of phenols is 2. The minimum absolute atomic E-state index is 0.156. The smallest absolute Gasteiger partial charge is 0.119 e. The highest BCUT2D eigenvalue weighted by molar-refractivity contribution is 6.10. The van der Waals surface area contributed by atoms with Gasteiger partial charge in [-0.2, -0.15) is 0 Å². The zero-order valence-corrected chi connectivity index (χ0v) is 21.1. The molecule has 5 rings (SSSR count). The fourth-order valence-electron chi connectivity index (χ4n) is 5.42. The molecule has 0 bridgehead atoms. The van der Waals surface area contributed by atoms with Crippen LogP contribution in [0.1, 0.15) is 63.8 Å². The Balaban J connectivity index is 1.83. The first-order chi connectivity index (χ1) is 15.9. The third-order valence-electron chi connectivity index (χ3n) is 7.23. The summed E-state index contributed by atoms with van der Waals surface area (Å²) < 4.78 is 0. The predicted octanol–water partition coefficient (Wildman–Crippen LogP) is 8.28. The predicted molar refractivity (Wildman–Crippen MR) is 143 cm³/mol. The van der Waals surface area contributed by atoms with Gasteiger partial charge < -0.3 is 10.2 Å². The van der Waals surface area contributed by atoms with Gasteiger partial charge in [0.1, 0.15) is 11.5 Å². The Kier molecular flexibility index (Phi) is 5.06. The minimum atomic E-state index is -0.156. The van der Waals surface area contributed by atoms with Crippen molar-refractivity contribution in [1.29, 1.82) is 0 Å². The Morgan fingerprint density at radius 1 is 0.529 bits per heavy atom. The average molecular weight is 451 g/mol. The summed E-state index contributed by atoms with van der Waals surface area (Å²) in [5, 5.41) is 23.8. The van der Waals surface area contributed by atoms with E-state index in [1.807, 2.05) is 24.3 Å². The summed E-state index contributed by atoms with van der Waals surface area (Å²) in [6.07, 6.45) is 2.14. The van der Waals surface area contributed by atoms with Gasteiger partial charge in [0.25, 0.3) is 0 Å². The van der Waals surface area contributed by atoms with Gasteiger partial charge in [-0.3, -0.25) is 0 Å². The lowest BCUT2D eigenvalue weighted by Crippen LogP contribution is -2.11. The zero-order valence-electron chi connectivity index (χ0n) is 21.1. The molecule has 0 saturated carbocycles. The van der Waals surface area contributed by atoms with Gasteiger partial charge in [-0.1, -0.05) is 77.9 Å². The number of hydrogen-bond donors (Lipinski definition) is 2. The van der Waals surface area contributed by atoms with Crippen LogP contribution in [0.3, 0.4) is 0 Å². The molecule has 0 aliphatic heterocycles. The normalized spacial score (nSPS) is 13.6. The quantitative estimate of drug-likeness (QED) is 0.322. The number of aryl methyl sites for hydroxylation is 2. The van der Waals surface area contributed by atoms with Gasteiger partial charge in [-0.15, -0.1) is 0 Å². The van der Waals surface area contributed by atoms with E-state index in [0.29, 0.717) is 11.5 Å². The van der Waals surface area contributed by atoms with Crippen molar-refractivity contribution < 1.29 is 10.2 Å². The molecule has 0 aromatic heterocycles. The van der Waals surface area contributed by atoms with E-state index in [-0.39, 0.29) is 10.8 Å². The Hall–Kier alpha value is -3.26. The lowest BCUT2D eigenvalue weighted by Gasteiger charge is -2.23. The topological polar surface area (TPSA) is 40.5 Å². The van der Waals surface area contributed by atoms with E-state index in [4.69, 9.17) is 0 Å². The molecule has 0 atom stereocenters. The molecule has 0 spiro atoms. The van der Waals surface area contributed by atoms with E-state index >= 15 is 0 Å². The van der Waals surface area contributed by atoms with Gasteiger partial charge in [0.2, 0.25) is 0 Å². The van der Waals surface area contributed by atoms with Gasteiger partial charge >= 0.3 is 0 Å². The van der Waals surface area contributed by atoms with Crippen molar-refractivity contribution in [3.63, 3.8) is 0 Å². The molecular formula is C32H34O2. The molecule has 0 saturated heterocycles. The van der Waals surface area contributed by atoms with Gasteiger partial charge in [0, 0.05) is 0 Å². The lowest BCUT2D eigenvalue weighted by molar-refractivity contribution is 0.446. The third-order valence-corrected chi connectivity index (χ3v) is 7.23. The summed E-state index contributed by atoms with van der Waals surface area (Å²) >= 11 is 0. The fourth-order valence-corrected chi connectivity index (χ4v) is 5.42. The molecule has 0 amide bonds. The number of aromatic hydroxyl groups is 2. The summed E-state index contributed by atoms with van der Waals surface area (Å²) in [5.41, 5.74) is 9.02. The Labute approximate surface area is 202 Å². The Morgan fingerprint density at radius 2 is 0.941 bits per heavy atom. The molecule has 0 fully saturated rings. The van der Waals surface area contributed by atoms with Crippen molar-refractivity contribution in [3.05, 3.63) is 82.9 Å². The second-order valence-corrected chi connectivity index (χ2v) is 11.8. The summed E-state index contributed by atoms with van der Waals surface area (Å²) in [4.78, 5) is 0. The van der Waals surface area contributed by atoms with Crippen LogP contribution < -0.4 is 0 Å². The molecule has 0 unspecified atom stereocenters. The summed E-state index contributed by atoms with van der Waals surface area (Å²) in [6, 6.07) is 21.1. The summed E-state index contributed by atoms with van der Waals surface area (Å²) in [6.45, 7) is 12.8. The fraction of sp³-hybridized carbons (Fsp3) is 0.312. The molecule has 0 radical (unpaired) electrons. The molecule has 174 valence electrons. The number of benzene rings is 4. The monoisotopic (exact) mass is 450 g/mol. The number of rotatable bonds is 2. The Bertz CT molecular complexity index is 1320. The minimum Gasteiger partial charge on any atom is -0.508 e. The van der Waals surface area contributed by atoms with E-state index in [2.05, 4.69) is 77.9 Å². The number of phenolic OH excluding ortho intramolecular Hbond substituents is 2. The van der Waals surface area contributed by atoms with E-state index in [1.54, 1.807) is 0 Å². The molecule has 2 nitrogen and oxygen atoms in total. The van der Waals surface area contributed by atoms with Crippen molar-refractivity contribution in [1.82, 2.24) is 0 Å². The molecule has 4 aromatic rings. The molecular weight excluding hydrogens is 416 g/mol. The molecule has 1 aliphatic carbocycles. The summed E-state index contributed by atoms with van der Waals surface area (Å²) in [7, 11) is 0. The van der Waals surface area contributed by atoms with Gasteiger partial charge in [-0.25, -0.2) is 0 Å². The van der Waals surface area contributed by atoms with Crippen LogP contribution >= 0.6 is 0 Å². The van der Waals surface area contributed by atoms with Gasteiger partial charge in [0.05, 0.1) is 0 Å². The molecule has 1 aliphatic rings. The van der Waals surface area contributed by atoms with Crippen LogP contribution in [0.5, 0.6) is 11.5 Å². The molecule has 34 heavy (non-hydrogen) atoms. The van der Waals surface area contributed by atoms with E-state index < -0.39 is 0 Å². The van der Waals surface area contributed by atoms with Crippen LogP contribution in [0.4, 0.5) is 0 Å². The van der Waals surface area contributed by atoms with Crippen LogP contribution in [0.2, 0.25) is 0 Å². The maximum absolute atomic E-state index is 10.6. The van der Waals surface area contributed by atoms with Gasteiger partial charge in [0.15, 0.2) is 0 Å². The van der Waals surface area contributed by atoms with Crippen LogP contribution in [-0.2, 0) is 23.7 Å². The second-order valence-electron chi connectivity index (χ2n) is 11.8. The maximum Gasteiger partial charge on any atom is 0.119 e. The van der Waals surface area contributed by atoms with Crippen molar-refractivity contribution in [2.75, 3.05) is 0 Å².